The first-order valence-corrected chi connectivity index (χ1v) is 6.95. The van der Waals surface area contributed by atoms with E-state index in [0.717, 1.165) is 22.9 Å². The van der Waals surface area contributed by atoms with Crippen LogP contribution in [0.3, 0.4) is 0 Å². The normalized spacial score (nSPS) is 12.7. The average molecular weight is 274 g/mol. The maximum Gasteiger partial charge on any atom is 0.203 e. The van der Waals surface area contributed by atoms with E-state index < -0.39 is 0 Å². The summed E-state index contributed by atoms with van der Waals surface area (Å²) in [7, 11) is 0. The lowest BCUT2D eigenvalue weighted by Crippen LogP contribution is -2.08. The molecule has 1 unspecified atom stereocenters. The van der Waals surface area contributed by atoms with E-state index >= 15 is 0 Å². The van der Waals surface area contributed by atoms with E-state index in [1.165, 1.54) is 4.88 Å². The van der Waals surface area contributed by atoms with E-state index in [9.17, 15) is 0 Å². The molecule has 3 rings (SSSR count). The maximum absolute atomic E-state index is 4.44. The van der Waals surface area contributed by atoms with Gasteiger partial charge < -0.3 is 5.32 Å². The highest BCUT2D eigenvalue weighted by molar-refractivity contribution is 7.11. The molecule has 0 bridgehead atoms. The zero-order valence-electron chi connectivity index (χ0n) is 10.7. The minimum atomic E-state index is 0.0979. The third kappa shape index (κ3) is 2.28. The van der Waals surface area contributed by atoms with Crippen LogP contribution in [0.2, 0.25) is 0 Å². The molecule has 19 heavy (non-hydrogen) atoms. The van der Waals surface area contributed by atoms with Gasteiger partial charge in [-0.05, 0) is 13.3 Å². The Kier molecular flexibility index (Phi) is 3.12. The van der Waals surface area contributed by atoms with Gasteiger partial charge in [0.25, 0.3) is 0 Å². The van der Waals surface area contributed by atoms with Gasteiger partial charge in [0.05, 0.1) is 6.04 Å². The van der Waals surface area contributed by atoms with Crippen molar-refractivity contribution in [3.8, 4) is 0 Å². The molecule has 0 aliphatic rings. The van der Waals surface area contributed by atoms with E-state index in [0.29, 0.717) is 0 Å². The highest BCUT2D eigenvalue weighted by Gasteiger charge is 2.13. The summed E-state index contributed by atoms with van der Waals surface area (Å²) < 4.78 is 1.83. The molecule has 0 aliphatic heterocycles. The standard InChI is InChI=1S/C12H14N6S/c1-3-9-6-14-12(19-9)8(2)16-10-11-17-15-7-18(11)5-4-13-10/h4-8H,3H2,1-2H3,(H,13,16). The lowest BCUT2D eigenvalue weighted by molar-refractivity contribution is 0.858. The van der Waals surface area contributed by atoms with Crippen molar-refractivity contribution in [2.75, 3.05) is 5.32 Å². The predicted molar refractivity (Wildman–Crippen MR) is 74.3 cm³/mol. The minimum Gasteiger partial charge on any atom is -0.358 e. The van der Waals surface area contributed by atoms with Crippen LogP contribution in [-0.4, -0.2) is 24.6 Å². The smallest absolute Gasteiger partial charge is 0.203 e. The molecule has 1 N–H and O–H groups in total. The molecule has 0 radical (unpaired) electrons. The van der Waals surface area contributed by atoms with E-state index in [1.54, 1.807) is 23.9 Å². The van der Waals surface area contributed by atoms with Crippen LogP contribution in [0, 0.1) is 0 Å². The van der Waals surface area contributed by atoms with Gasteiger partial charge in [0.2, 0.25) is 5.65 Å². The summed E-state index contributed by atoms with van der Waals surface area (Å²) in [5.74, 6) is 0.723. The van der Waals surface area contributed by atoms with Gasteiger partial charge >= 0.3 is 0 Å². The fourth-order valence-electron chi connectivity index (χ4n) is 1.81. The summed E-state index contributed by atoms with van der Waals surface area (Å²) in [6.45, 7) is 4.20. The molecule has 3 aromatic heterocycles. The Morgan fingerprint density at radius 2 is 2.32 bits per heavy atom. The Morgan fingerprint density at radius 3 is 3.11 bits per heavy atom. The zero-order valence-corrected chi connectivity index (χ0v) is 11.6. The first-order valence-electron chi connectivity index (χ1n) is 6.13. The van der Waals surface area contributed by atoms with Crippen molar-refractivity contribution in [3.63, 3.8) is 0 Å². The zero-order chi connectivity index (χ0) is 13.2. The summed E-state index contributed by atoms with van der Waals surface area (Å²) in [6.07, 6.45) is 8.16. The van der Waals surface area contributed by atoms with Crippen molar-refractivity contribution < 1.29 is 0 Å². The van der Waals surface area contributed by atoms with Gasteiger partial charge in [-0.25, -0.2) is 9.97 Å². The van der Waals surface area contributed by atoms with Gasteiger partial charge in [-0.2, -0.15) is 0 Å². The Bertz CT molecular complexity index is 688. The highest BCUT2D eigenvalue weighted by Crippen LogP contribution is 2.24. The molecule has 6 nitrogen and oxygen atoms in total. The number of hydrogen-bond donors (Lipinski definition) is 1. The number of thiazole rings is 1. The fraction of sp³-hybridized carbons (Fsp3) is 0.333. The van der Waals surface area contributed by atoms with Crippen LogP contribution in [0.25, 0.3) is 5.65 Å². The Morgan fingerprint density at radius 1 is 1.42 bits per heavy atom. The molecule has 0 aliphatic carbocycles. The average Bonchev–Trinajstić information content (AvgIpc) is 3.08. The number of anilines is 1. The summed E-state index contributed by atoms with van der Waals surface area (Å²) in [6, 6.07) is 0.0979. The molecule has 0 fully saturated rings. The number of aryl methyl sites for hydroxylation is 1. The van der Waals surface area contributed by atoms with Gasteiger partial charge in [-0.1, -0.05) is 6.92 Å². The summed E-state index contributed by atoms with van der Waals surface area (Å²) in [5.41, 5.74) is 0.724. The third-order valence-electron chi connectivity index (χ3n) is 2.86. The van der Waals surface area contributed by atoms with E-state index in [2.05, 4.69) is 39.3 Å². The van der Waals surface area contributed by atoms with E-state index in [4.69, 9.17) is 0 Å². The molecule has 1 atom stereocenters. The predicted octanol–water partition coefficient (Wildman–Crippen LogP) is 2.32. The Labute approximate surface area is 114 Å². The monoisotopic (exact) mass is 274 g/mol. The summed E-state index contributed by atoms with van der Waals surface area (Å²) >= 11 is 1.72. The second-order valence-corrected chi connectivity index (χ2v) is 5.37. The van der Waals surface area contributed by atoms with Gasteiger partial charge in [0.1, 0.15) is 11.3 Å². The number of rotatable bonds is 4. The molecule has 0 saturated heterocycles. The summed E-state index contributed by atoms with van der Waals surface area (Å²) in [4.78, 5) is 10.0. The van der Waals surface area contributed by atoms with Crippen LogP contribution in [0.4, 0.5) is 5.82 Å². The minimum absolute atomic E-state index is 0.0979. The molecule has 0 amide bonds. The molecule has 3 aromatic rings. The number of aromatic nitrogens is 5. The van der Waals surface area contributed by atoms with Crippen LogP contribution in [0.15, 0.2) is 24.9 Å². The molecule has 0 spiro atoms. The summed E-state index contributed by atoms with van der Waals surface area (Å²) in [5, 5.41) is 12.3. The van der Waals surface area contributed by atoms with Gasteiger partial charge in [-0.3, -0.25) is 4.40 Å². The molecule has 7 heteroatoms. The number of hydrogen-bond acceptors (Lipinski definition) is 6. The number of nitrogens with zero attached hydrogens (tertiary/aromatic N) is 5. The van der Waals surface area contributed by atoms with Crippen LogP contribution in [-0.2, 0) is 6.42 Å². The number of nitrogens with one attached hydrogen (secondary N) is 1. The maximum atomic E-state index is 4.44. The molecule has 0 aromatic carbocycles. The first kappa shape index (κ1) is 12.0. The van der Waals surface area contributed by atoms with Gasteiger partial charge in [0.15, 0.2) is 5.82 Å². The Hall–Kier alpha value is -2.02. The van der Waals surface area contributed by atoms with Crippen LogP contribution in [0.1, 0.15) is 29.8 Å². The van der Waals surface area contributed by atoms with E-state index in [1.807, 2.05) is 16.8 Å². The van der Waals surface area contributed by atoms with Crippen molar-refractivity contribution in [1.29, 1.82) is 0 Å². The highest BCUT2D eigenvalue weighted by atomic mass is 32.1. The van der Waals surface area contributed by atoms with Crippen molar-refractivity contribution in [1.82, 2.24) is 24.6 Å². The quantitative estimate of drug-likeness (QED) is 0.790. The molecular weight excluding hydrogens is 260 g/mol. The van der Waals surface area contributed by atoms with Crippen LogP contribution >= 0.6 is 11.3 Å². The van der Waals surface area contributed by atoms with Crippen molar-refractivity contribution >= 4 is 22.8 Å². The second kappa shape index (κ2) is 4.93. The van der Waals surface area contributed by atoms with Crippen molar-refractivity contribution in [2.24, 2.45) is 0 Å². The van der Waals surface area contributed by atoms with Crippen molar-refractivity contribution in [2.45, 2.75) is 26.3 Å². The Balaban J connectivity index is 1.86. The molecule has 0 saturated carbocycles. The largest absolute Gasteiger partial charge is 0.358 e. The topological polar surface area (TPSA) is 68.0 Å². The molecular formula is C12H14N6S. The van der Waals surface area contributed by atoms with Crippen molar-refractivity contribution in [3.05, 3.63) is 34.8 Å². The van der Waals surface area contributed by atoms with Crippen LogP contribution < -0.4 is 5.32 Å². The van der Waals surface area contributed by atoms with Crippen LogP contribution in [0.5, 0.6) is 0 Å². The molecule has 98 valence electrons. The van der Waals surface area contributed by atoms with Gasteiger partial charge in [-0.15, -0.1) is 21.5 Å². The number of fused-ring (bicyclic) bond motifs is 1. The van der Waals surface area contributed by atoms with Gasteiger partial charge in [0, 0.05) is 23.5 Å². The molecule has 3 heterocycles. The second-order valence-electron chi connectivity index (χ2n) is 4.22. The first-order chi connectivity index (χ1) is 9.28. The lowest BCUT2D eigenvalue weighted by atomic mass is 10.3. The fourth-order valence-corrected chi connectivity index (χ4v) is 2.67. The SMILES string of the molecule is CCc1cnc(C(C)Nc2nccn3cnnc23)s1. The van der Waals surface area contributed by atoms with E-state index in [-0.39, 0.29) is 6.04 Å². The lowest BCUT2D eigenvalue weighted by Gasteiger charge is -2.11. The third-order valence-corrected chi connectivity index (χ3v) is 4.18.